The average molecular weight is 272 g/mol. The maximum atomic E-state index is 3.70. The number of nitrogens with one attached hydrogen (secondary N) is 1. The minimum Gasteiger partial charge on any atom is -0.314 e. The average Bonchev–Trinajstić information content (AvgIpc) is 2.88. The van der Waals surface area contributed by atoms with E-state index in [9.17, 15) is 0 Å². The zero-order chi connectivity index (χ0) is 13.9. The van der Waals surface area contributed by atoms with Crippen molar-refractivity contribution in [2.75, 3.05) is 13.1 Å². The van der Waals surface area contributed by atoms with Crippen LogP contribution in [-0.4, -0.2) is 36.1 Å². The van der Waals surface area contributed by atoms with Gasteiger partial charge in [-0.2, -0.15) is 0 Å². The van der Waals surface area contributed by atoms with Crippen molar-refractivity contribution in [1.82, 2.24) is 10.2 Å². The van der Waals surface area contributed by atoms with E-state index >= 15 is 0 Å². The fourth-order valence-corrected chi connectivity index (χ4v) is 4.04. The van der Waals surface area contributed by atoms with Gasteiger partial charge in [0.15, 0.2) is 0 Å². The Bertz CT molecular complexity index is 418. The summed E-state index contributed by atoms with van der Waals surface area (Å²) >= 11 is 0. The number of piperidine rings is 1. The highest BCUT2D eigenvalue weighted by molar-refractivity contribution is 5.33. The van der Waals surface area contributed by atoms with Gasteiger partial charge in [-0.15, -0.1) is 0 Å². The van der Waals surface area contributed by atoms with Gasteiger partial charge >= 0.3 is 0 Å². The molecule has 1 aromatic carbocycles. The SMILES string of the molecule is CCCNC1CCN(C2Cc3ccccc3C2)C(C)C1. The first-order valence-corrected chi connectivity index (χ1v) is 8.34. The lowest BCUT2D eigenvalue weighted by Gasteiger charge is -2.41. The predicted octanol–water partition coefficient (Wildman–Crippen LogP) is 3.01. The van der Waals surface area contributed by atoms with Gasteiger partial charge in [-0.3, -0.25) is 4.90 Å². The van der Waals surface area contributed by atoms with Crippen LogP contribution in [-0.2, 0) is 12.8 Å². The van der Waals surface area contributed by atoms with Crippen LogP contribution in [0.4, 0.5) is 0 Å². The zero-order valence-corrected chi connectivity index (χ0v) is 12.9. The second kappa shape index (κ2) is 6.28. The second-order valence-corrected chi connectivity index (χ2v) is 6.59. The van der Waals surface area contributed by atoms with Crippen molar-refractivity contribution in [2.24, 2.45) is 0 Å². The van der Waals surface area contributed by atoms with Crippen LogP contribution in [0.2, 0.25) is 0 Å². The highest BCUT2D eigenvalue weighted by Crippen LogP contribution is 2.29. The Labute approximate surface area is 123 Å². The van der Waals surface area contributed by atoms with Crippen molar-refractivity contribution in [3.63, 3.8) is 0 Å². The molecule has 1 aromatic rings. The Morgan fingerprint density at radius 1 is 1.20 bits per heavy atom. The highest BCUT2D eigenvalue weighted by Gasteiger charge is 2.33. The molecule has 2 unspecified atom stereocenters. The molecule has 20 heavy (non-hydrogen) atoms. The first-order chi connectivity index (χ1) is 9.78. The first kappa shape index (κ1) is 14.1. The van der Waals surface area contributed by atoms with Crippen LogP contribution in [0.25, 0.3) is 0 Å². The Morgan fingerprint density at radius 3 is 2.50 bits per heavy atom. The van der Waals surface area contributed by atoms with Crippen LogP contribution in [0.5, 0.6) is 0 Å². The molecule has 1 N–H and O–H groups in total. The van der Waals surface area contributed by atoms with Crippen molar-refractivity contribution in [2.45, 2.75) is 64.1 Å². The van der Waals surface area contributed by atoms with E-state index in [0.29, 0.717) is 0 Å². The molecule has 1 fully saturated rings. The summed E-state index contributed by atoms with van der Waals surface area (Å²) < 4.78 is 0. The van der Waals surface area contributed by atoms with E-state index in [-0.39, 0.29) is 0 Å². The van der Waals surface area contributed by atoms with Gasteiger partial charge in [0, 0.05) is 24.7 Å². The normalized spacial score (nSPS) is 27.7. The molecule has 2 heteroatoms. The molecule has 0 radical (unpaired) electrons. The van der Waals surface area contributed by atoms with Crippen molar-refractivity contribution >= 4 is 0 Å². The summed E-state index contributed by atoms with van der Waals surface area (Å²) in [6.45, 7) is 7.11. The van der Waals surface area contributed by atoms with Crippen molar-refractivity contribution in [3.05, 3.63) is 35.4 Å². The molecule has 1 aliphatic heterocycles. The van der Waals surface area contributed by atoms with Crippen LogP contribution in [0.1, 0.15) is 44.2 Å². The van der Waals surface area contributed by atoms with Gasteiger partial charge in [-0.1, -0.05) is 31.2 Å². The number of benzene rings is 1. The molecule has 1 heterocycles. The first-order valence-electron chi connectivity index (χ1n) is 8.34. The number of hydrogen-bond acceptors (Lipinski definition) is 2. The number of rotatable bonds is 4. The minimum absolute atomic E-state index is 0.720. The molecule has 2 nitrogen and oxygen atoms in total. The smallest absolute Gasteiger partial charge is 0.0179 e. The second-order valence-electron chi connectivity index (χ2n) is 6.59. The van der Waals surface area contributed by atoms with Crippen LogP contribution in [0.15, 0.2) is 24.3 Å². The van der Waals surface area contributed by atoms with Gasteiger partial charge in [-0.25, -0.2) is 0 Å². The van der Waals surface area contributed by atoms with Gasteiger partial charge in [0.1, 0.15) is 0 Å². The molecular weight excluding hydrogens is 244 g/mol. The largest absolute Gasteiger partial charge is 0.314 e. The van der Waals surface area contributed by atoms with Gasteiger partial charge in [0.25, 0.3) is 0 Å². The van der Waals surface area contributed by atoms with Crippen LogP contribution in [0, 0.1) is 0 Å². The molecule has 0 bridgehead atoms. The molecule has 0 saturated carbocycles. The molecule has 1 saturated heterocycles. The Morgan fingerprint density at radius 2 is 1.90 bits per heavy atom. The summed E-state index contributed by atoms with van der Waals surface area (Å²) in [7, 11) is 0. The molecule has 110 valence electrons. The lowest BCUT2D eigenvalue weighted by atomic mass is 9.95. The lowest BCUT2D eigenvalue weighted by Crippen LogP contribution is -2.51. The molecule has 0 aromatic heterocycles. The molecule has 0 spiro atoms. The zero-order valence-electron chi connectivity index (χ0n) is 12.9. The number of hydrogen-bond donors (Lipinski definition) is 1. The Kier molecular flexibility index (Phi) is 4.42. The summed E-state index contributed by atoms with van der Waals surface area (Å²) in [5.74, 6) is 0. The third kappa shape index (κ3) is 2.91. The predicted molar refractivity (Wildman–Crippen MR) is 85.1 cm³/mol. The van der Waals surface area contributed by atoms with Gasteiger partial charge in [0.05, 0.1) is 0 Å². The summed E-state index contributed by atoms with van der Waals surface area (Å²) in [6.07, 6.45) is 6.39. The number of likely N-dealkylation sites (tertiary alicyclic amines) is 1. The van der Waals surface area contributed by atoms with E-state index < -0.39 is 0 Å². The van der Waals surface area contributed by atoms with E-state index in [1.165, 1.54) is 45.2 Å². The highest BCUT2D eigenvalue weighted by atomic mass is 15.2. The monoisotopic (exact) mass is 272 g/mol. The summed E-state index contributed by atoms with van der Waals surface area (Å²) in [4.78, 5) is 2.77. The third-order valence-corrected chi connectivity index (χ3v) is 5.11. The fraction of sp³-hybridized carbons (Fsp3) is 0.667. The lowest BCUT2D eigenvalue weighted by molar-refractivity contribution is 0.0918. The third-order valence-electron chi connectivity index (χ3n) is 5.11. The topological polar surface area (TPSA) is 15.3 Å². The van der Waals surface area contributed by atoms with E-state index in [1.807, 2.05) is 0 Å². The maximum absolute atomic E-state index is 3.70. The summed E-state index contributed by atoms with van der Waals surface area (Å²) in [5, 5.41) is 3.70. The van der Waals surface area contributed by atoms with E-state index in [4.69, 9.17) is 0 Å². The van der Waals surface area contributed by atoms with E-state index in [2.05, 4.69) is 48.3 Å². The van der Waals surface area contributed by atoms with Crippen LogP contribution in [0.3, 0.4) is 0 Å². The summed E-state index contributed by atoms with van der Waals surface area (Å²) in [5.41, 5.74) is 3.16. The molecule has 2 aliphatic rings. The number of fused-ring (bicyclic) bond motifs is 1. The van der Waals surface area contributed by atoms with E-state index in [0.717, 1.165) is 18.1 Å². The van der Waals surface area contributed by atoms with Gasteiger partial charge < -0.3 is 5.32 Å². The van der Waals surface area contributed by atoms with Crippen molar-refractivity contribution < 1.29 is 0 Å². The molecule has 1 aliphatic carbocycles. The van der Waals surface area contributed by atoms with Gasteiger partial charge in [-0.05, 0) is 56.7 Å². The standard InChI is InChI=1S/C18H28N2/c1-3-9-19-17-8-10-20(14(2)11-17)18-12-15-6-4-5-7-16(15)13-18/h4-7,14,17-19H,3,8-13H2,1-2H3. The van der Waals surface area contributed by atoms with Crippen molar-refractivity contribution in [1.29, 1.82) is 0 Å². The fourth-order valence-electron chi connectivity index (χ4n) is 4.04. The molecular formula is C18H28N2. The minimum atomic E-state index is 0.720. The molecule has 3 rings (SSSR count). The van der Waals surface area contributed by atoms with Gasteiger partial charge in [0.2, 0.25) is 0 Å². The molecule has 2 atom stereocenters. The Hall–Kier alpha value is -0.860. The number of nitrogens with zero attached hydrogens (tertiary/aromatic N) is 1. The van der Waals surface area contributed by atoms with Crippen LogP contribution < -0.4 is 5.32 Å². The Balaban J connectivity index is 1.58. The van der Waals surface area contributed by atoms with Crippen molar-refractivity contribution in [3.8, 4) is 0 Å². The van der Waals surface area contributed by atoms with Crippen LogP contribution >= 0.6 is 0 Å². The maximum Gasteiger partial charge on any atom is 0.0179 e. The quantitative estimate of drug-likeness (QED) is 0.906. The van der Waals surface area contributed by atoms with E-state index in [1.54, 1.807) is 11.1 Å². The molecule has 0 amide bonds. The summed E-state index contributed by atoms with van der Waals surface area (Å²) in [6, 6.07) is 11.2.